The van der Waals surface area contributed by atoms with Crippen LogP contribution >= 0.6 is 0 Å². The molecule has 13 heavy (non-hydrogen) atoms. The Kier molecular flexibility index (Phi) is 8.51. The van der Waals surface area contributed by atoms with Gasteiger partial charge in [0.25, 0.3) is 0 Å². The molecule has 0 heterocycles. The number of amides is 1. The Balaban J connectivity index is 3.15. The van der Waals surface area contributed by atoms with Gasteiger partial charge in [-0.3, -0.25) is 4.79 Å². The Morgan fingerprint density at radius 1 is 1.31 bits per heavy atom. The number of rotatable bonds is 8. The van der Waals surface area contributed by atoms with E-state index < -0.39 is 0 Å². The molecule has 4 heteroatoms. The summed E-state index contributed by atoms with van der Waals surface area (Å²) >= 11 is 0. The second-order valence-electron chi connectivity index (χ2n) is 3.01. The predicted octanol–water partition coefficient (Wildman–Crippen LogP) is 1.84. The SMILES string of the molecule is CCCCNC(=O)CCCCN=O. The largest absolute Gasteiger partial charge is 0.356 e. The van der Waals surface area contributed by atoms with Gasteiger partial charge in [0.2, 0.25) is 5.91 Å². The lowest BCUT2D eigenvalue weighted by molar-refractivity contribution is -0.121. The quantitative estimate of drug-likeness (QED) is 0.464. The van der Waals surface area contributed by atoms with Gasteiger partial charge in [0, 0.05) is 13.0 Å². The summed E-state index contributed by atoms with van der Waals surface area (Å²) in [5.74, 6) is 0.0827. The van der Waals surface area contributed by atoms with Gasteiger partial charge in [-0.05, 0) is 19.3 Å². The molecule has 0 aliphatic carbocycles. The molecule has 4 nitrogen and oxygen atoms in total. The topological polar surface area (TPSA) is 58.5 Å². The van der Waals surface area contributed by atoms with E-state index >= 15 is 0 Å². The van der Waals surface area contributed by atoms with Crippen LogP contribution in [0.2, 0.25) is 0 Å². The van der Waals surface area contributed by atoms with Crippen molar-refractivity contribution >= 4 is 5.91 Å². The normalized spacial score (nSPS) is 9.62. The molecular formula is C9H18N2O2. The number of hydrogen-bond acceptors (Lipinski definition) is 3. The van der Waals surface area contributed by atoms with E-state index in [4.69, 9.17) is 0 Å². The maximum Gasteiger partial charge on any atom is 0.219 e. The first-order chi connectivity index (χ1) is 6.31. The monoisotopic (exact) mass is 186 g/mol. The van der Waals surface area contributed by atoms with E-state index in [1.54, 1.807) is 0 Å². The lowest BCUT2D eigenvalue weighted by Crippen LogP contribution is -2.23. The highest BCUT2D eigenvalue weighted by atomic mass is 16.3. The maximum absolute atomic E-state index is 11.1. The number of unbranched alkanes of at least 4 members (excludes halogenated alkanes) is 2. The second-order valence-corrected chi connectivity index (χ2v) is 3.01. The number of hydrogen-bond donors (Lipinski definition) is 1. The lowest BCUT2D eigenvalue weighted by Gasteiger charge is -2.02. The van der Waals surface area contributed by atoms with Crippen molar-refractivity contribution in [2.45, 2.75) is 39.0 Å². The Labute approximate surface area is 79.1 Å². The number of nitrogens with zero attached hydrogens (tertiary/aromatic N) is 1. The molecule has 0 aliphatic heterocycles. The van der Waals surface area contributed by atoms with E-state index in [0.29, 0.717) is 19.4 Å². The Bertz CT molecular complexity index is 149. The fraction of sp³-hybridized carbons (Fsp3) is 0.889. The standard InChI is InChI=1S/C9H18N2O2/c1-2-3-7-10-9(12)6-4-5-8-11-13/h2-8H2,1H3,(H,10,12). The van der Waals surface area contributed by atoms with Crippen LogP contribution in [0.1, 0.15) is 39.0 Å². The van der Waals surface area contributed by atoms with Crippen molar-refractivity contribution in [2.75, 3.05) is 13.1 Å². The summed E-state index contributed by atoms with van der Waals surface area (Å²) < 4.78 is 0. The van der Waals surface area contributed by atoms with Gasteiger partial charge in [-0.1, -0.05) is 18.5 Å². The van der Waals surface area contributed by atoms with Gasteiger partial charge in [-0.15, -0.1) is 0 Å². The van der Waals surface area contributed by atoms with Gasteiger partial charge < -0.3 is 5.32 Å². The zero-order valence-corrected chi connectivity index (χ0v) is 8.21. The second kappa shape index (κ2) is 9.16. The predicted molar refractivity (Wildman–Crippen MR) is 52.4 cm³/mol. The molecule has 0 aromatic carbocycles. The van der Waals surface area contributed by atoms with E-state index in [1.165, 1.54) is 0 Å². The summed E-state index contributed by atoms with van der Waals surface area (Å²) in [7, 11) is 0. The Hall–Kier alpha value is -0.930. The van der Waals surface area contributed by atoms with Gasteiger partial charge in [-0.25, -0.2) is 0 Å². The van der Waals surface area contributed by atoms with E-state index in [9.17, 15) is 9.70 Å². The highest BCUT2D eigenvalue weighted by molar-refractivity contribution is 5.75. The first kappa shape index (κ1) is 12.1. The molecule has 0 bridgehead atoms. The molecule has 0 aromatic rings. The van der Waals surface area contributed by atoms with Crippen molar-refractivity contribution in [3.63, 3.8) is 0 Å². The number of carbonyl (C=O) groups is 1. The van der Waals surface area contributed by atoms with Crippen molar-refractivity contribution in [1.29, 1.82) is 0 Å². The molecule has 1 N–H and O–H groups in total. The van der Waals surface area contributed by atoms with Crippen LogP contribution in [0.5, 0.6) is 0 Å². The van der Waals surface area contributed by atoms with E-state index in [2.05, 4.69) is 17.4 Å². The Morgan fingerprint density at radius 3 is 2.69 bits per heavy atom. The molecular weight excluding hydrogens is 168 g/mol. The van der Waals surface area contributed by atoms with Gasteiger partial charge in [0.05, 0.1) is 6.54 Å². The fourth-order valence-corrected chi connectivity index (χ4v) is 0.955. The van der Waals surface area contributed by atoms with Crippen molar-refractivity contribution in [2.24, 2.45) is 5.18 Å². The summed E-state index contributed by atoms with van der Waals surface area (Å²) in [6.45, 7) is 3.17. The van der Waals surface area contributed by atoms with E-state index in [0.717, 1.165) is 25.8 Å². The maximum atomic E-state index is 11.1. The smallest absolute Gasteiger partial charge is 0.219 e. The van der Waals surface area contributed by atoms with Crippen LogP contribution in [0.25, 0.3) is 0 Å². The van der Waals surface area contributed by atoms with Crippen LogP contribution in [0.3, 0.4) is 0 Å². The minimum absolute atomic E-state index is 0.0827. The molecule has 0 fully saturated rings. The molecule has 0 aliphatic rings. The highest BCUT2D eigenvalue weighted by Gasteiger charge is 1.98. The third-order valence-corrected chi connectivity index (χ3v) is 1.76. The first-order valence-corrected chi connectivity index (χ1v) is 4.87. The summed E-state index contributed by atoms with van der Waals surface area (Å²) in [4.78, 5) is 20.8. The van der Waals surface area contributed by atoms with Crippen LogP contribution in [-0.2, 0) is 4.79 Å². The van der Waals surface area contributed by atoms with E-state index in [-0.39, 0.29) is 5.91 Å². The number of nitrogens with one attached hydrogen (secondary N) is 1. The zero-order chi connectivity index (χ0) is 9.94. The molecule has 0 unspecified atom stereocenters. The molecule has 76 valence electrons. The third-order valence-electron chi connectivity index (χ3n) is 1.76. The minimum Gasteiger partial charge on any atom is -0.356 e. The molecule has 0 aromatic heterocycles. The molecule has 0 atom stereocenters. The Morgan fingerprint density at radius 2 is 2.08 bits per heavy atom. The van der Waals surface area contributed by atoms with Gasteiger partial charge in [0.15, 0.2) is 0 Å². The summed E-state index contributed by atoms with van der Waals surface area (Å²) in [6, 6.07) is 0. The highest BCUT2D eigenvalue weighted by Crippen LogP contribution is 1.95. The van der Waals surface area contributed by atoms with Crippen molar-refractivity contribution in [3.8, 4) is 0 Å². The van der Waals surface area contributed by atoms with E-state index in [1.807, 2.05) is 0 Å². The summed E-state index contributed by atoms with van der Waals surface area (Å²) in [5.41, 5.74) is 0. The van der Waals surface area contributed by atoms with Crippen molar-refractivity contribution in [1.82, 2.24) is 5.32 Å². The van der Waals surface area contributed by atoms with Gasteiger partial charge in [-0.2, -0.15) is 4.91 Å². The van der Waals surface area contributed by atoms with Gasteiger partial charge in [0.1, 0.15) is 0 Å². The average molecular weight is 186 g/mol. The van der Waals surface area contributed by atoms with Crippen LogP contribution in [0, 0.1) is 4.91 Å². The van der Waals surface area contributed by atoms with Crippen molar-refractivity contribution in [3.05, 3.63) is 4.91 Å². The zero-order valence-electron chi connectivity index (χ0n) is 8.21. The van der Waals surface area contributed by atoms with Crippen LogP contribution < -0.4 is 5.32 Å². The van der Waals surface area contributed by atoms with Crippen LogP contribution in [0.15, 0.2) is 5.18 Å². The van der Waals surface area contributed by atoms with Crippen LogP contribution in [-0.4, -0.2) is 19.0 Å². The minimum atomic E-state index is 0.0827. The average Bonchev–Trinajstić information content (AvgIpc) is 2.13. The summed E-state index contributed by atoms with van der Waals surface area (Å²) in [6.07, 6.45) is 4.10. The molecule has 0 saturated heterocycles. The van der Waals surface area contributed by atoms with Crippen molar-refractivity contribution < 1.29 is 4.79 Å². The molecule has 0 saturated carbocycles. The summed E-state index contributed by atoms with van der Waals surface area (Å²) in [5, 5.41) is 5.54. The molecule has 1 amide bonds. The molecule has 0 rings (SSSR count). The molecule has 0 radical (unpaired) electrons. The lowest BCUT2D eigenvalue weighted by atomic mass is 10.2. The van der Waals surface area contributed by atoms with Crippen LogP contribution in [0.4, 0.5) is 0 Å². The molecule has 0 spiro atoms. The number of carbonyl (C=O) groups excluding carboxylic acids is 1. The van der Waals surface area contributed by atoms with Gasteiger partial charge >= 0.3 is 0 Å². The third kappa shape index (κ3) is 8.98. The number of nitroso groups, excluding NO2 is 1. The first-order valence-electron chi connectivity index (χ1n) is 4.87. The fourth-order valence-electron chi connectivity index (χ4n) is 0.955.